The number of nitrogens with one attached hydrogen (secondary N) is 2. The number of amides is 2. The van der Waals surface area contributed by atoms with Crippen LogP contribution in [0.3, 0.4) is 0 Å². The fourth-order valence-corrected chi connectivity index (χ4v) is 1.44. The molecule has 1 rings (SSSR count). The van der Waals surface area contributed by atoms with Crippen LogP contribution in [0.15, 0.2) is 35.5 Å². The van der Waals surface area contributed by atoms with Crippen molar-refractivity contribution in [3.8, 4) is 0 Å². The van der Waals surface area contributed by atoms with Crippen molar-refractivity contribution in [2.45, 2.75) is 19.9 Å². The van der Waals surface area contributed by atoms with Crippen LogP contribution in [-0.2, 0) is 4.79 Å². The molecule has 1 aromatic heterocycles. The lowest BCUT2D eigenvalue weighted by Gasteiger charge is -2.20. The Bertz CT molecular complexity index is 410. The summed E-state index contributed by atoms with van der Waals surface area (Å²) in [6, 6.07) is 2.58. The second-order valence-corrected chi connectivity index (χ2v) is 4.21. The average molecular weight is 250 g/mol. The van der Waals surface area contributed by atoms with E-state index in [1.54, 1.807) is 18.2 Å². The minimum absolute atomic E-state index is 0.0197. The molecule has 0 bridgehead atoms. The molecule has 1 heterocycles. The van der Waals surface area contributed by atoms with Crippen LogP contribution >= 0.6 is 0 Å². The lowest BCUT2D eigenvalue weighted by atomic mass is 10.0. The van der Waals surface area contributed by atoms with Crippen molar-refractivity contribution in [1.82, 2.24) is 10.6 Å². The molecule has 0 saturated carbocycles. The standard InChI is InChI=1S/C13H18N2O3/c1-4-7-14-13(17)11(9(2)3)15-12(16)10-6-5-8-18-10/h4-6,8-9,11H,1,7H2,2-3H3,(H,14,17)(H,15,16)/t11-/m0/s1. The number of carbonyl (C=O) groups is 2. The zero-order chi connectivity index (χ0) is 13.5. The van der Waals surface area contributed by atoms with E-state index in [0.29, 0.717) is 6.54 Å². The Balaban J connectivity index is 2.66. The van der Waals surface area contributed by atoms with Gasteiger partial charge in [0.25, 0.3) is 5.91 Å². The summed E-state index contributed by atoms with van der Waals surface area (Å²) in [7, 11) is 0. The summed E-state index contributed by atoms with van der Waals surface area (Å²) in [5.74, 6) is -0.455. The summed E-state index contributed by atoms with van der Waals surface area (Å²) in [4.78, 5) is 23.6. The number of rotatable bonds is 6. The highest BCUT2D eigenvalue weighted by Gasteiger charge is 2.24. The lowest BCUT2D eigenvalue weighted by Crippen LogP contribution is -2.49. The summed E-state index contributed by atoms with van der Waals surface area (Å²) in [5, 5.41) is 5.31. The van der Waals surface area contributed by atoms with Crippen LogP contribution in [0.1, 0.15) is 24.4 Å². The molecule has 0 aliphatic rings. The van der Waals surface area contributed by atoms with Gasteiger partial charge in [-0.15, -0.1) is 6.58 Å². The maximum Gasteiger partial charge on any atom is 0.287 e. The number of hydrogen-bond acceptors (Lipinski definition) is 3. The van der Waals surface area contributed by atoms with Crippen LogP contribution in [0.4, 0.5) is 0 Å². The van der Waals surface area contributed by atoms with Crippen molar-refractivity contribution in [1.29, 1.82) is 0 Å². The van der Waals surface area contributed by atoms with E-state index in [4.69, 9.17) is 4.42 Å². The Hall–Kier alpha value is -2.04. The largest absolute Gasteiger partial charge is 0.459 e. The van der Waals surface area contributed by atoms with Gasteiger partial charge in [0.05, 0.1) is 6.26 Å². The van der Waals surface area contributed by atoms with Crippen LogP contribution in [0, 0.1) is 5.92 Å². The highest BCUT2D eigenvalue weighted by atomic mass is 16.3. The fraction of sp³-hybridized carbons (Fsp3) is 0.385. The van der Waals surface area contributed by atoms with Gasteiger partial charge >= 0.3 is 0 Å². The molecule has 0 aliphatic heterocycles. The average Bonchev–Trinajstić information content (AvgIpc) is 2.86. The Morgan fingerprint density at radius 3 is 2.72 bits per heavy atom. The van der Waals surface area contributed by atoms with E-state index in [0.717, 1.165) is 0 Å². The second-order valence-electron chi connectivity index (χ2n) is 4.21. The van der Waals surface area contributed by atoms with Crippen LogP contribution in [0.5, 0.6) is 0 Å². The Kier molecular flexibility index (Phi) is 5.17. The molecule has 0 fully saturated rings. The molecule has 0 unspecified atom stereocenters. The van der Waals surface area contributed by atoms with Gasteiger partial charge in [0.2, 0.25) is 5.91 Å². The van der Waals surface area contributed by atoms with E-state index in [2.05, 4.69) is 17.2 Å². The Morgan fingerprint density at radius 1 is 1.50 bits per heavy atom. The first kappa shape index (κ1) is 14.0. The summed E-state index contributed by atoms with van der Waals surface area (Å²) < 4.78 is 4.98. The second kappa shape index (κ2) is 6.64. The molecule has 5 nitrogen and oxygen atoms in total. The quantitative estimate of drug-likeness (QED) is 0.748. The van der Waals surface area contributed by atoms with E-state index in [9.17, 15) is 9.59 Å². The van der Waals surface area contributed by atoms with E-state index >= 15 is 0 Å². The van der Waals surface area contributed by atoms with Gasteiger partial charge in [-0.25, -0.2) is 0 Å². The number of furan rings is 1. The minimum atomic E-state index is -0.595. The van der Waals surface area contributed by atoms with E-state index in [1.807, 2.05) is 13.8 Å². The lowest BCUT2D eigenvalue weighted by molar-refractivity contribution is -0.123. The third-order valence-corrected chi connectivity index (χ3v) is 2.40. The first-order chi connectivity index (χ1) is 8.56. The normalized spacial score (nSPS) is 11.9. The molecule has 2 amide bonds. The van der Waals surface area contributed by atoms with Crippen molar-refractivity contribution in [2.24, 2.45) is 5.92 Å². The van der Waals surface area contributed by atoms with Crippen LogP contribution < -0.4 is 10.6 Å². The maximum atomic E-state index is 11.8. The van der Waals surface area contributed by atoms with E-state index in [1.165, 1.54) is 6.26 Å². The molecule has 0 radical (unpaired) electrons. The van der Waals surface area contributed by atoms with Gasteiger partial charge in [0.1, 0.15) is 6.04 Å². The first-order valence-corrected chi connectivity index (χ1v) is 5.79. The van der Waals surface area contributed by atoms with Gasteiger partial charge < -0.3 is 15.1 Å². The van der Waals surface area contributed by atoms with Crippen molar-refractivity contribution < 1.29 is 14.0 Å². The van der Waals surface area contributed by atoms with Gasteiger partial charge in [0.15, 0.2) is 5.76 Å². The molecule has 0 spiro atoms. The number of carbonyl (C=O) groups excluding carboxylic acids is 2. The molecule has 1 aromatic rings. The van der Waals surface area contributed by atoms with Crippen LogP contribution in [-0.4, -0.2) is 24.4 Å². The summed E-state index contributed by atoms with van der Waals surface area (Å²) in [6.07, 6.45) is 3.00. The highest BCUT2D eigenvalue weighted by molar-refractivity contribution is 5.95. The molecule has 0 aromatic carbocycles. The SMILES string of the molecule is C=CCNC(=O)[C@@H](NC(=O)c1ccco1)C(C)C. The van der Waals surface area contributed by atoms with Gasteiger partial charge in [-0.1, -0.05) is 19.9 Å². The van der Waals surface area contributed by atoms with Gasteiger partial charge in [-0.2, -0.15) is 0 Å². The highest BCUT2D eigenvalue weighted by Crippen LogP contribution is 2.05. The monoisotopic (exact) mass is 250 g/mol. The third kappa shape index (κ3) is 3.76. The molecule has 18 heavy (non-hydrogen) atoms. The van der Waals surface area contributed by atoms with Crippen molar-refractivity contribution >= 4 is 11.8 Å². The predicted molar refractivity (Wildman–Crippen MR) is 68.0 cm³/mol. The smallest absolute Gasteiger partial charge is 0.287 e. The van der Waals surface area contributed by atoms with Gasteiger partial charge in [-0.3, -0.25) is 9.59 Å². The third-order valence-electron chi connectivity index (χ3n) is 2.40. The molecule has 5 heteroatoms. The fourth-order valence-electron chi connectivity index (χ4n) is 1.44. The zero-order valence-electron chi connectivity index (χ0n) is 10.6. The zero-order valence-corrected chi connectivity index (χ0v) is 10.6. The van der Waals surface area contributed by atoms with Crippen molar-refractivity contribution in [3.05, 3.63) is 36.8 Å². The van der Waals surface area contributed by atoms with Crippen LogP contribution in [0.2, 0.25) is 0 Å². The number of hydrogen-bond donors (Lipinski definition) is 2. The molecule has 98 valence electrons. The predicted octanol–water partition coefficient (Wildman–Crippen LogP) is 1.34. The van der Waals surface area contributed by atoms with Crippen molar-refractivity contribution in [2.75, 3.05) is 6.54 Å². The van der Waals surface area contributed by atoms with Crippen LogP contribution in [0.25, 0.3) is 0 Å². The molecule has 2 N–H and O–H groups in total. The molecule has 1 atom stereocenters. The van der Waals surface area contributed by atoms with E-state index < -0.39 is 11.9 Å². The van der Waals surface area contributed by atoms with Gasteiger partial charge in [-0.05, 0) is 18.1 Å². The molecule has 0 saturated heterocycles. The Morgan fingerprint density at radius 2 is 2.22 bits per heavy atom. The topological polar surface area (TPSA) is 71.3 Å². The molecular weight excluding hydrogens is 232 g/mol. The van der Waals surface area contributed by atoms with E-state index in [-0.39, 0.29) is 17.6 Å². The minimum Gasteiger partial charge on any atom is -0.459 e. The molecular formula is C13H18N2O3. The first-order valence-electron chi connectivity index (χ1n) is 5.79. The summed E-state index contributed by atoms with van der Waals surface area (Å²) in [6.45, 7) is 7.62. The summed E-state index contributed by atoms with van der Waals surface area (Å²) in [5.41, 5.74) is 0. The van der Waals surface area contributed by atoms with Crippen molar-refractivity contribution in [3.63, 3.8) is 0 Å². The maximum absolute atomic E-state index is 11.8. The molecule has 0 aliphatic carbocycles. The Labute approximate surface area is 106 Å². The summed E-state index contributed by atoms with van der Waals surface area (Å²) >= 11 is 0. The van der Waals surface area contributed by atoms with Gasteiger partial charge in [0, 0.05) is 6.54 Å².